The van der Waals surface area contributed by atoms with Gasteiger partial charge in [-0.1, -0.05) is 30.8 Å². The molecule has 0 fully saturated rings. The molecular weight excluding hydrogens is 294 g/mol. The molecule has 0 bridgehead atoms. The fourth-order valence-corrected chi connectivity index (χ4v) is 4.15. The Kier molecular flexibility index (Phi) is 4.15. The lowest BCUT2D eigenvalue weighted by molar-refractivity contribution is 0.299. The summed E-state index contributed by atoms with van der Waals surface area (Å²) in [6.45, 7) is 7.00. The first-order valence-electron chi connectivity index (χ1n) is 9.06. The minimum atomic E-state index is 0.199. The predicted octanol–water partition coefficient (Wildman–Crippen LogP) is 3.98. The van der Waals surface area contributed by atoms with E-state index in [9.17, 15) is 0 Å². The molecule has 0 spiro atoms. The van der Waals surface area contributed by atoms with Gasteiger partial charge in [-0.25, -0.2) is 0 Å². The molecule has 0 aliphatic carbocycles. The van der Waals surface area contributed by atoms with Gasteiger partial charge in [-0.2, -0.15) is 0 Å². The molecule has 2 nitrogen and oxygen atoms in total. The zero-order chi connectivity index (χ0) is 16.5. The Morgan fingerprint density at radius 3 is 2.17 bits per heavy atom. The summed E-state index contributed by atoms with van der Waals surface area (Å²) in [4.78, 5) is 2.58. The molecule has 2 aliphatic rings. The molecule has 0 saturated heterocycles. The molecule has 0 saturated carbocycles. The van der Waals surface area contributed by atoms with Crippen molar-refractivity contribution in [1.29, 1.82) is 0 Å². The monoisotopic (exact) mass is 319 g/mol. The van der Waals surface area contributed by atoms with Gasteiger partial charge >= 0.3 is 0 Å². The second kappa shape index (κ2) is 6.45. The highest BCUT2D eigenvalue weighted by Gasteiger charge is 2.24. The summed E-state index contributed by atoms with van der Waals surface area (Å²) in [5.74, 6) is 0. The highest BCUT2D eigenvalue weighted by Crippen LogP contribution is 2.38. The summed E-state index contributed by atoms with van der Waals surface area (Å²) in [7, 11) is 0. The lowest BCUT2D eigenvalue weighted by Crippen LogP contribution is -2.34. The van der Waals surface area contributed by atoms with Gasteiger partial charge in [-0.3, -0.25) is 0 Å². The van der Waals surface area contributed by atoms with Crippen LogP contribution in [0.2, 0.25) is 0 Å². The molecule has 2 heteroatoms. The van der Waals surface area contributed by atoms with E-state index in [4.69, 9.17) is 5.11 Å². The number of aryl methyl sites for hydroxylation is 2. The van der Waals surface area contributed by atoms with Crippen LogP contribution in [0.1, 0.15) is 40.7 Å². The molecule has 124 valence electrons. The van der Waals surface area contributed by atoms with E-state index in [-0.39, 0.29) is 6.61 Å². The van der Waals surface area contributed by atoms with Crippen LogP contribution in [0.15, 0.2) is 43.0 Å². The Labute approximate surface area is 144 Å². The number of aliphatic hydroxyl groups excluding tert-OH is 1. The maximum Gasteiger partial charge on any atom is 0.0471 e. The van der Waals surface area contributed by atoms with E-state index in [0.717, 1.165) is 5.57 Å². The van der Waals surface area contributed by atoms with E-state index >= 15 is 0 Å². The van der Waals surface area contributed by atoms with Gasteiger partial charge in [0.1, 0.15) is 0 Å². The number of rotatable bonds is 4. The lowest BCUT2D eigenvalue weighted by atomic mass is 9.87. The Morgan fingerprint density at radius 2 is 1.58 bits per heavy atom. The smallest absolute Gasteiger partial charge is 0.0471 e. The van der Waals surface area contributed by atoms with Gasteiger partial charge in [0.25, 0.3) is 0 Å². The van der Waals surface area contributed by atoms with Crippen LogP contribution in [0.5, 0.6) is 0 Å². The number of hydrogen-bond donors (Lipinski definition) is 1. The largest absolute Gasteiger partial charge is 0.396 e. The summed E-state index contributed by atoms with van der Waals surface area (Å²) in [5, 5.41) is 9.05. The van der Waals surface area contributed by atoms with Crippen molar-refractivity contribution in [3.63, 3.8) is 0 Å². The average molecular weight is 319 g/mol. The first kappa shape index (κ1) is 15.5. The number of anilines is 1. The number of aliphatic hydroxyl groups is 1. The van der Waals surface area contributed by atoms with E-state index in [0.29, 0.717) is 6.42 Å². The summed E-state index contributed by atoms with van der Waals surface area (Å²) in [6, 6.07) is 13.2. The van der Waals surface area contributed by atoms with E-state index in [1.807, 2.05) is 0 Å². The van der Waals surface area contributed by atoms with Crippen molar-refractivity contribution in [2.24, 2.45) is 0 Å². The summed E-state index contributed by atoms with van der Waals surface area (Å²) in [6.07, 6.45) is 5.62. The second-order valence-corrected chi connectivity index (χ2v) is 6.99. The first-order chi connectivity index (χ1) is 11.8. The second-order valence-electron chi connectivity index (χ2n) is 6.99. The minimum Gasteiger partial charge on any atom is -0.396 e. The van der Waals surface area contributed by atoms with Crippen molar-refractivity contribution in [1.82, 2.24) is 0 Å². The molecule has 24 heavy (non-hydrogen) atoms. The number of nitrogens with zero attached hydrogens (tertiary/aromatic N) is 1. The topological polar surface area (TPSA) is 23.5 Å². The maximum atomic E-state index is 9.05. The third kappa shape index (κ3) is 2.76. The van der Waals surface area contributed by atoms with E-state index in [1.54, 1.807) is 0 Å². The zero-order valence-corrected chi connectivity index (χ0v) is 14.2. The fourth-order valence-electron chi connectivity index (χ4n) is 4.15. The van der Waals surface area contributed by atoms with Gasteiger partial charge < -0.3 is 10.0 Å². The molecule has 2 aromatic carbocycles. The van der Waals surface area contributed by atoms with E-state index < -0.39 is 0 Å². The van der Waals surface area contributed by atoms with Crippen LogP contribution < -0.4 is 4.90 Å². The molecule has 2 aliphatic heterocycles. The molecular formula is C22H25NO. The van der Waals surface area contributed by atoms with Crippen molar-refractivity contribution in [3.05, 3.63) is 70.8 Å². The predicted molar refractivity (Wildman–Crippen MR) is 101 cm³/mol. The molecule has 0 amide bonds. The quantitative estimate of drug-likeness (QED) is 0.921. The Bertz CT molecular complexity index is 729. The van der Waals surface area contributed by atoms with Gasteiger partial charge in [0.15, 0.2) is 0 Å². The summed E-state index contributed by atoms with van der Waals surface area (Å²) >= 11 is 0. The van der Waals surface area contributed by atoms with Gasteiger partial charge in [0, 0.05) is 25.4 Å². The van der Waals surface area contributed by atoms with Gasteiger partial charge in [0.05, 0.1) is 0 Å². The van der Waals surface area contributed by atoms with Gasteiger partial charge in [-0.15, -0.1) is 0 Å². The van der Waals surface area contributed by atoms with Crippen molar-refractivity contribution in [3.8, 4) is 0 Å². The van der Waals surface area contributed by atoms with Crippen LogP contribution >= 0.6 is 0 Å². The summed E-state index contributed by atoms with van der Waals surface area (Å²) < 4.78 is 0. The molecule has 0 aromatic heterocycles. The number of benzene rings is 2. The van der Waals surface area contributed by atoms with E-state index in [2.05, 4.69) is 47.9 Å². The van der Waals surface area contributed by atoms with Crippen molar-refractivity contribution >= 4 is 11.3 Å². The van der Waals surface area contributed by atoms with Crippen LogP contribution in [0.4, 0.5) is 5.69 Å². The lowest BCUT2D eigenvalue weighted by Gasteiger charge is -2.37. The molecule has 0 unspecified atom stereocenters. The van der Waals surface area contributed by atoms with Crippen molar-refractivity contribution in [2.45, 2.75) is 32.1 Å². The third-order valence-corrected chi connectivity index (χ3v) is 5.38. The Hall–Kier alpha value is -2.06. The SMILES string of the molecule is C=C(c1ccc(CCO)cc1)c1cc2c3c(c1)CCCN3CCC2. The van der Waals surface area contributed by atoms with Gasteiger partial charge in [-0.05, 0) is 77.6 Å². The minimum absolute atomic E-state index is 0.199. The van der Waals surface area contributed by atoms with Gasteiger partial charge in [0.2, 0.25) is 0 Å². The average Bonchev–Trinajstić information content (AvgIpc) is 2.62. The van der Waals surface area contributed by atoms with Crippen LogP contribution in [0, 0.1) is 0 Å². The Balaban J connectivity index is 1.68. The summed E-state index contributed by atoms with van der Waals surface area (Å²) in [5.41, 5.74) is 9.24. The van der Waals surface area contributed by atoms with E-state index in [1.165, 1.54) is 72.3 Å². The third-order valence-electron chi connectivity index (χ3n) is 5.38. The molecule has 0 radical (unpaired) electrons. The first-order valence-corrected chi connectivity index (χ1v) is 9.06. The highest BCUT2D eigenvalue weighted by atomic mass is 16.2. The van der Waals surface area contributed by atoms with Crippen LogP contribution in [-0.4, -0.2) is 24.8 Å². The molecule has 2 aromatic rings. The number of hydrogen-bond acceptors (Lipinski definition) is 2. The van der Waals surface area contributed by atoms with Crippen molar-refractivity contribution < 1.29 is 5.11 Å². The van der Waals surface area contributed by atoms with Crippen LogP contribution in [0.3, 0.4) is 0 Å². The zero-order valence-electron chi connectivity index (χ0n) is 14.2. The standard InChI is InChI=1S/C22H25NO/c1-16(18-8-6-17(7-9-18)10-13-24)21-14-19-4-2-11-23-12-3-5-20(15-21)22(19)23/h6-9,14-15,24H,1-5,10-13H2. The van der Waals surface area contributed by atoms with Crippen LogP contribution in [-0.2, 0) is 19.3 Å². The normalized spacial score (nSPS) is 16.0. The fraction of sp³-hybridized carbons (Fsp3) is 0.364. The van der Waals surface area contributed by atoms with Crippen molar-refractivity contribution in [2.75, 3.05) is 24.6 Å². The van der Waals surface area contributed by atoms with Crippen LogP contribution in [0.25, 0.3) is 5.57 Å². The Morgan fingerprint density at radius 1 is 0.958 bits per heavy atom. The molecule has 1 N–H and O–H groups in total. The molecule has 2 heterocycles. The highest BCUT2D eigenvalue weighted by molar-refractivity contribution is 5.81. The molecule has 4 rings (SSSR count). The maximum absolute atomic E-state index is 9.05. The molecule has 0 atom stereocenters.